The predicted molar refractivity (Wildman–Crippen MR) is 137 cm³/mol. The van der Waals surface area contributed by atoms with E-state index in [2.05, 4.69) is 5.32 Å². The number of nitrogens with one attached hydrogen (secondary N) is 1. The van der Waals surface area contributed by atoms with Crippen LogP contribution in [0.4, 0.5) is 0 Å². The zero-order valence-corrected chi connectivity index (χ0v) is 22.7. The summed E-state index contributed by atoms with van der Waals surface area (Å²) >= 11 is 12.1. The average Bonchev–Trinajstić information content (AvgIpc) is 2.81. The number of benzene rings is 1. The van der Waals surface area contributed by atoms with Crippen molar-refractivity contribution < 1.29 is 48.2 Å². The first-order chi connectivity index (χ1) is 17.8. The van der Waals surface area contributed by atoms with Crippen molar-refractivity contribution in [1.29, 1.82) is 0 Å². The number of ketones is 1. The predicted octanol–water partition coefficient (Wildman–Crippen LogP) is 3.04. The fourth-order valence-corrected chi connectivity index (χ4v) is 4.49. The first kappa shape index (κ1) is 31.6. The topological polar surface area (TPSA) is 166 Å². The van der Waals surface area contributed by atoms with E-state index in [0.717, 1.165) is 0 Å². The number of ether oxygens (including phenoxy) is 1. The molecule has 1 amide bonds. The van der Waals surface area contributed by atoms with E-state index >= 15 is 0 Å². The van der Waals surface area contributed by atoms with Crippen LogP contribution in [0.15, 0.2) is 18.2 Å². The molecule has 38 heavy (non-hydrogen) atoms. The van der Waals surface area contributed by atoms with Gasteiger partial charge in [-0.1, -0.05) is 37.0 Å². The van der Waals surface area contributed by atoms with Crippen molar-refractivity contribution in [3.63, 3.8) is 0 Å². The summed E-state index contributed by atoms with van der Waals surface area (Å²) in [5.74, 6) is -6.82. The van der Waals surface area contributed by atoms with Crippen LogP contribution in [0.5, 0.6) is 0 Å². The summed E-state index contributed by atoms with van der Waals surface area (Å²) in [6.45, 7) is 3.61. The third-order valence-electron chi connectivity index (χ3n) is 5.91. The Morgan fingerprint density at radius 3 is 2.47 bits per heavy atom. The van der Waals surface area contributed by atoms with Crippen molar-refractivity contribution in [3.05, 3.63) is 33.8 Å². The molecule has 2 rings (SSSR count). The summed E-state index contributed by atoms with van der Waals surface area (Å²) in [6, 6.07) is 4.49. The highest BCUT2D eigenvalue weighted by molar-refractivity contribution is 6.50. The molecule has 14 heteroatoms. The Hall–Kier alpha value is -2.67. The fraction of sp³-hybridized carbons (Fsp3) is 0.542. The van der Waals surface area contributed by atoms with Crippen LogP contribution in [-0.4, -0.2) is 72.2 Å². The molecule has 0 spiro atoms. The largest absolute Gasteiger partial charge is 0.552 e. The molecule has 0 bridgehead atoms. The third kappa shape index (κ3) is 8.69. The van der Waals surface area contributed by atoms with Crippen molar-refractivity contribution >= 4 is 59.9 Å². The molecule has 0 aliphatic carbocycles. The molecule has 1 aromatic rings. The third-order valence-corrected chi connectivity index (χ3v) is 6.48. The van der Waals surface area contributed by atoms with Crippen LogP contribution < -0.4 is 5.32 Å². The number of amides is 1. The number of hydrogen-bond acceptors (Lipinski definition) is 8. The maximum Gasteiger partial charge on any atom is 0.552 e. The maximum atomic E-state index is 13.2. The van der Waals surface area contributed by atoms with Gasteiger partial charge in [-0.15, -0.1) is 0 Å². The van der Waals surface area contributed by atoms with Crippen LogP contribution in [-0.2, 0) is 33.2 Å². The van der Waals surface area contributed by atoms with E-state index in [-0.39, 0.29) is 48.2 Å². The number of rotatable bonds is 14. The standard InChI is InChI=1S/C24H30BCl2NO10/c1-13(2)8-19(25-37-21(32)11-24(38-25,23(34)35)10-20(30)31)28-22(33)14(12-36-3)4-7-18(29)16-9-15(26)5-6-17(16)27/h5-6,9,13-14,19H,4,7-8,10-12H2,1-3H3,(H,28,33)(H,30,31)(H,34,35)/t14-,19-,24?/m0/s1. The lowest BCUT2D eigenvalue weighted by molar-refractivity contribution is -0.175. The zero-order chi connectivity index (χ0) is 28.6. The molecule has 3 atom stereocenters. The van der Waals surface area contributed by atoms with Gasteiger partial charge < -0.3 is 29.6 Å². The smallest absolute Gasteiger partial charge is 0.508 e. The normalized spacial score (nSPS) is 19.0. The molecule has 1 saturated heterocycles. The van der Waals surface area contributed by atoms with Gasteiger partial charge in [0.05, 0.1) is 36.3 Å². The monoisotopic (exact) mass is 573 g/mol. The van der Waals surface area contributed by atoms with Crippen molar-refractivity contribution in [2.75, 3.05) is 13.7 Å². The Labute approximate surface area is 230 Å². The molecule has 0 aromatic heterocycles. The lowest BCUT2D eigenvalue weighted by Gasteiger charge is -2.38. The molecule has 1 heterocycles. The molecular weight excluding hydrogens is 544 g/mol. The summed E-state index contributed by atoms with van der Waals surface area (Å²) in [7, 11) is -0.158. The molecule has 3 N–H and O–H groups in total. The van der Waals surface area contributed by atoms with Gasteiger partial charge in [0.2, 0.25) is 5.91 Å². The summed E-state index contributed by atoms with van der Waals surface area (Å²) in [4.78, 5) is 61.5. The number of carboxylic acid groups (broad SMARTS) is 2. The first-order valence-corrected chi connectivity index (χ1v) is 12.6. The van der Waals surface area contributed by atoms with Gasteiger partial charge in [0.1, 0.15) is 0 Å². The van der Waals surface area contributed by atoms with E-state index in [4.69, 9.17) is 37.2 Å². The molecule has 0 saturated carbocycles. The highest BCUT2D eigenvalue weighted by atomic mass is 35.5. The molecule has 208 valence electrons. The highest BCUT2D eigenvalue weighted by Crippen LogP contribution is 2.30. The lowest BCUT2D eigenvalue weighted by atomic mass is 9.70. The van der Waals surface area contributed by atoms with Crippen molar-refractivity contribution in [3.8, 4) is 0 Å². The molecule has 1 unspecified atom stereocenters. The molecule has 1 fully saturated rings. The molecular formula is C24H30BCl2NO10. The molecule has 0 radical (unpaired) electrons. The van der Waals surface area contributed by atoms with Gasteiger partial charge >= 0.3 is 19.1 Å². The van der Waals surface area contributed by atoms with Crippen LogP contribution in [0.3, 0.4) is 0 Å². The number of methoxy groups -OCH3 is 1. The van der Waals surface area contributed by atoms with E-state index < -0.39 is 61.2 Å². The number of halogens is 2. The van der Waals surface area contributed by atoms with Gasteiger partial charge in [-0.3, -0.25) is 19.2 Å². The number of aliphatic carboxylic acids is 2. The first-order valence-electron chi connectivity index (χ1n) is 11.9. The molecule has 1 aliphatic rings. The maximum absolute atomic E-state index is 13.2. The van der Waals surface area contributed by atoms with E-state index in [1.807, 2.05) is 13.8 Å². The lowest BCUT2D eigenvalue weighted by Crippen LogP contribution is -2.61. The van der Waals surface area contributed by atoms with Crippen molar-refractivity contribution in [2.45, 2.75) is 57.5 Å². The average molecular weight is 574 g/mol. The second kappa shape index (κ2) is 13.9. The Kier molecular flexibility index (Phi) is 11.6. The zero-order valence-electron chi connectivity index (χ0n) is 21.2. The molecule has 1 aliphatic heterocycles. The second-order valence-corrected chi connectivity index (χ2v) is 10.3. The van der Waals surface area contributed by atoms with Crippen LogP contribution in [0, 0.1) is 11.8 Å². The van der Waals surface area contributed by atoms with Crippen molar-refractivity contribution in [2.24, 2.45) is 11.8 Å². The number of Topliss-reactive ketones (excluding diaryl/α,β-unsaturated/α-hetero) is 1. The molecule has 1 aromatic carbocycles. The Bertz CT molecular complexity index is 1060. The Balaban J connectivity index is 2.21. The summed E-state index contributed by atoms with van der Waals surface area (Å²) in [5.41, 5.74) is -2.13. The van der Waals surface area contributed by atoms with E-state index in [1.165, 1.54) is 19.2 Å². The SMILES string of the molecule is COC[C@H](CCC(=O)c1cc(Cl)ccc1Cl)C(=O)N[C@@H](CC(C)C)B1OC(=O)CC(CC(=O)O)(C(=O)O)O1. The minimum Gasteiger partial charge on any atom is -0.508 e. The minimum atomic E-state index is -2.35. The number of hydrogen-bond donors (Lipinski definition) is 3. The van der Waals surface area contributed by atoms with Gasteiger partial charge in [-0.05, 0) is 37.0 Å². The van der Waals surface area contributed by atoms with Crippen LogP contribution >= 0.6 is 23.2 Å². The fourth-order valence-electron chi connectivity index (χ4n) is 4.10. The quantitative estimate of drug-likeness (QED) is 0.222. The van der Waals surface area contributed by atoms with Gasteiger partial charge in [-0.2, -0.15) is 0 Å². The van der Waals surface area contributed by atoms with Crippen LogP contribution in [0.2, 0.25) is 10.0 Å². The summed E-state index contributed by atoms with van der Waals surface area (Å²) < 4.78 is 15.9. The van der Waals surface area contributed by atoms with Crippen LogP contribution in [0.25, 0.3) is 0 Å². The Morgan fingerprint density at radius 2 is 1.89 bits per heavy atom. The van der Waals surface area contributed by atoms with Crippen LogP contribution in [0.1, 0.15) is 56.3 Å². The van der Waals surface area contributed by atoms with E-state index in [1.54, 1.807) is 6.07 Å². The van der Waals surface area contributed by atoms with E-state index in [0.29, 0.717) is 5.02 Å². The number of carbonyl (C=O) groups excluding carboxylic acids is 3. The van der Waals surface area contributed by atoms with E-state index in [9.17, 15) is 34.2 Å². The Morgan fingerprint density at radius 1 is 1.21 bits per heavy atom. The second-order valence-electron chi connectivity index (χ2n) is 9.51. The van der Waals surface area contributed by atoms with Gasteiger partial charge in [-0.25, -0.2) is 4.79 Å². The molecule has 11 nitrogen and oxygen atoms in total. The number of carboxylic acids is 2. The minimum absolute atomic E-state index is 0.0415. The highest BCUT2D eigenvalue weighted by Gasteiger charge is 2.54. The van der Waals surface area contributed by atoms with Gasteiger partial charge in [0.25, 0.3) is 5.97 Å². The van der Waals surface area contributed by atoms with Gasteiger partial charge in [0.15, 0.2) is 11.4 Å². The summed E-state index contributed by atoms with van der Waals surface area (Å²) in [5, 5.41) is 22.2. The van der Waals surface area contributed by atoms with Crippen molar-refractivity contribution in [1.82, 2.24) is 5.32 Å². The van der Waals surface area contributed by atoms with Gasteiger partial charge in [0, 0.05) is 24.1 Å². The number of carbonyl (C=O) groups is 5. The summed E-state index contributed by atoms with van der Waals surface area (Å²) in [6.07, 6.45) is -1.53.